The molecule has 0 aromatic carbocycles. The van der Waals surface area contributed by atoms with Gasteiger partial charge in [-0.15, -0.1) is 0 Å². The first-order valence-electron chi connectivity index (χ1n) is 2.98. The zero-order chi connectivity index (χ0) is 9.52. The van der Waals surface area contributed by atoms with Crippen LogP contribution in [0.5, 0.6) is 0 Å². The van der Waals surface area contributed by atoms with Crippen molar-refractivity contribution in [2.24, 2.45) is 0 Å². The molecule has 0 aliphatic carbocycles. The molecule has 1 fully saturated rings. The maximum atomic E-state index is 12.2. The van der Waals surface area contributed by atoms with E-state index in [0.717, 1.165) is 0 Å². The van der Waals surface area contributed by atoms with Gasteiger partial charge < -0.3 is 4.43 Å². The Balaban J connectivity index is 2.78. The molecular formula is C4H4F6OSi. The van der Waals surface area contributed by atoms with Gasteiger partial charge in [-0.2, -0.15) is 0 Å². The van der Waals surface area contributed by atoms with Gasteiger partial charge in [-0.25, -0.2) is 25.8 Å². The molecule has 1 heterocycles. The zero-order valence-corrected chi connectivity index (χ0v) is 6.49. The Hall–Kier alpha value is -0.243. The lowest BCUT2D eigenvalue weighted by molar-refractivity contribution is -0.106. The summed E-state index contributed by atoms with van der Waals surface area (Å²) in [5, 5.41) is 0. The zero-order valence-electron chi connectivity index (χ0n) is 5.49. The summed E-state index contributed by atoms with van der Waals surface area (Å²) in [4.78, 5) is 0. The average molecular weight is 210 g/mol. The molecule has 0 aromatic heterocycles. The molecule has 0 spiro atoms. The highest BCUT2D eigenvalue weighted by atomic mass is 28.4. The predicted molar refractivity (Wildman–Crippen MR) is 28.6 cm³/mol. The quantitative estimate of drug-likeness (QED) is 0.336. The van der Waals surface area contributed by atoms with Crippen LogP contribution < -0.4 is 0 Å². The van der Waals surface area contributed by atoms with Crippen LogP contribution >= 0.6 is 0 Å². The Kier molecular flexibility index (Phi) is 2.39. The first-order valence-corrected chi connectivity index (χ1v) is 4.72. The molecule has 4 unspecified atom stereocenters. The van der Waals surface area contributed by atoms with Gasteiger partial charge in [0.05, 0.1) is 0 Å². The van der Waals surface area contributed by atoms with Crippen molar-refractivity contribution < 1.29 is 30.2 Å². The fraction of sp³-hybridized carbons (Fsp3) is 1.00. The smallest absolute Gasteiger partial charge is 0.332 e. The third-order valence-electron chi connectivity index (χ3n) is 1.42. The topological polar surface area (TPSA) is 9.23 Å². The van der Waals surface area contributed by atoms with Gasteiger partial charge in [-0.3, -0.25) is 0 Å². The van der Waals surface area contributed by atoms with Crippen LogP contribution in [0.15, 0.2) is 0 Å². The Morgan fingerprint density at radius 3 is 1.92 bits per heavy atom. The summed E-state index contributed by atoms with van der Waals surface area (Å²) in [6, 6.07) is 0. The van der Waals surface area contributed by atoms with Gasteiger partial charge in [-0.1, -0.05) is 0 Å². The number of halogens is 6. The summed E-state index contributed by atoms with van der Waals surface area (Å²) >= 11 is 0. The molecule has 4 atom stereocenters. The molecule has 0 bridgehead atoms. The van der Waals surface area contributed by atoms with E-state index in [9.17, 15) is 25.8 Å². The molecule has 1 aliphatic heterocycles. The maximum Gasteiger partial charge on any atom is 0.619 e. The predicted octanol–water partition coefficient (Wildman–Crippen LogP) is 1.74. The maximum absolute atomic E-state index is 12.2. The Labute approximate surface area is 64.8 Å². The third kappa shape index (κ3) is 1.44. The molecule has 0 saturated carbocycles. The number of rotatable bonds is 0. The van der Waals surface area contributed by atoms with Gasteiger partial charge in [-0.05, 0) is 0 Å². The van der Waals surface area contributed by atoms with E-state index in [0.29, 0.717) is 0 Å². The van der Waals surface area contributed by atoms with Crippen LogP contribution in [0.4, 0.5) is 25.8 Å². The Bertz CT molecular complexity index is 177. The fourth-order valence-corrected chi connectivity index (χ4v) is 1.89. The van der Waals surface area contributed by atoms with E-state index in [1.807, 2.05) is 0 Å². The van der Waals surface area contributed by atoms with E-state index in [-0.39, 0.29) is 0 Å². The molecule has 72 valence electrons. The van der Waals surface area contributed by atoms with Crippen molar-refractivity contribution in [2.45, 2.75) is 24.5 Å². The summed E-state index contributed by atoms with van der Waals surface area (Å²) in [6.45, 7) is 0. The van der Waals surface area contributed by atoms with Gasteiger partial charge in [0.2, 0.25) is 12.2 Å². The second kappa shape index (κ2) is 2.91. The summed E-state index contributed by atoms with van der Waals surface area (Å²) in [6.07, 6.45) is -9.16. The van der Waals surface area contributed by atoms with Crippen molar-refractivity contribution in [2.75, 3.05) is 0 Å². The first kappa shape index (κ1) is 9.84. The molecular weight excluding hydrogens is 206 g/mol. The highest BCUT2D eigenvalue weighted by molar-refractivity contribution is 6.61. The monoisotopic (exact) mass is 210 g/mol. The highest BCUT2D eigenvalue weighted by Crippen LogP contribution is 2.34. The normalized spacial score (nSPS) is 47.5. The van der Waals surface area contributed by atoms with Crippen molar-refractivity contribution >= 4 is 8.99 Å². The number of alkyl halides is 4. The Morgan fingerprint density at radius 2 is 1.42 bits per heavy atom. The van der Waals surface area contributed by atoms with E-state index in [1.165, 1.54) is 0 Å². The molecule has 1 nitrogen and oxygen atoms in total. The molecule has 1 aliphatic rings. The lowest BCUT2D eigenvalue weighted by Crippen LogP contribution is -2.58. The lowest BCUT2D eigenvalue weighted by Gasteiger charge is -2.30. The molecule has 0 aromatic rings. The number of hydrogen-bond donors (Lipinski definition) is 0. The van der Waals surface area contributed by atoms with E-state index >= 15 is 0 Å². The minimum absolute atomic E-state index is 2.97. The second-order valence-corrected chi connectivity index (χ2v) is 4.23. The molecule has 0 amide bonds. The van der Waals surface area contributed by atoms with Gasteiger partial charge >= 0.3 is 8.99 Å². The molecule has 1 saturated heterocycles. The largest absolute Gasteiger partial charge is 0.619 e. The van der Waals surface area contributed by atoms with E-state index in [2.05, 4.69) is 4.43 Å². The van der Waals surface area contributed by atoms with Crippen LogP contribution in [-0.2, 0) is 4.43 Å². The van der Waals surface area contributed by atoms with Crippen LogP contribution in [0.2, 0.25) is 0 Å². The third-order valence-corrected chi connectivity index (χ3v) is 2.92. The Morgan fingerprint density at radius 1 is 0.917 bits per heavy atom. The summed E-state index contributed by atoms with van der Waals surface area (Å²) < 4.78 is 76.0. The summed E-state index contributed by atoms with van der Waals surface area (Å²) in [5.74, 6) is -3.32. The fourth-order valence-electron chi connectivity index (χ4n) is 0.771. The lowest BCUT2D eigenvalue weighted by atomic mass is 10.2. The summed E-state index contributed by atoms with van der Waals surface area (Å²) in [7, 11) is -6.02. The SMILES string of the molecule is FC1O[Si](F)(F)C(F)C(F)C1F. The average Bonchev–Trinajstić information content (AvgIpc) is 1.97. The van der Waals surface area contributed by atoms with Crippen molar-refractivity contribution in [3.05, 3.63) is 0 Å². The first-order chi connectivity index (χ1) is 5.36. The molecule has 12 heavy (non-hydrogen) atoms. The standard InChI is InChI=1S/C4H4F6OSi/c5-1-2(6)4(8)12(9,10)11-3(1)7/h1-4H. The van der Waals surface area contributed by atoms with Crippen LogP contribution in [0.25, 0.3) is 0 Å². The van der Waals surface area contributed by atoms with Crippen molar-refractivity contribution in [1.29, 1.82) is 0 Å². The van der Waals surface area contributed by atoms with E-state index in [1.54, 1.807) is 0 Å². The molecule has 0 radical (unpaired) electrons. The minimum atomic E-state index is -6.02. The van der Waals surface area contributed by atoms with Gasteiger partial charge in [0.25, 0.3) is 0 Å². The van der Waals surface area contributed by atoms with Crippen molar-refractivity contribution in [3.63, 3.8) is 0 Å². The number of hydrogen-bond acceptors (Lipinski definition) is 1. The molecule has 8 heteroatoms. The molecule has 1 rings (SSSR count). The minimum Gasteiger partial charge on any atom is -0.332 e. The highest BCUT2D eigenvalue weighted by Gasteiger charge is 2.63. The van der Waals surface area contributed by atoms with Gasteiger partial charge in [0.1, 0.15) is 0 Å². The molecule has 0 N–H and O–H groups in total. The van der Waals surface area contributed by atoms with E-state index in [4.69, 9.17) is 0 Å². The van der Waals surface area contributed by atoms with Crippen molar-refractivity contribution in [3.8, 4) is 0 Å². The van der Waals surface area contributed by atoms with E-state index < -0.39 is 33.5 Å². The van der Waals surface area contributed by atoms with Crippen LogP contribution in [-0.4, -0.2) is 33.5 Å². The van der Waals surface area contributed by atoms with Crippen LogP contribution in [0, 0.1) is 0 Å². The van der Waals surface area contributed by atoms with Crippen LogP contribution in [0.3, 0.4) is 0 Å². The van der Waals surface area contributed by atoms with Gasteiger partial charge in [0, 0.05) is 0 Å². The second-order valence-electron chi connectivity index (χ2n) is 2.32. The van der Waals surface area contributed by atoms with Crippen LogP contribution in [0.1, 0.15) is 0 Å². The van der Waals surface area contributed by atoms with Crippen molar-refractivity contribution in [1.82, 2.24) is 0 Å². The summed E-state index contributed by atoms with van der Waals surface area (Å²) in [5.41, 5.74) is 0. The van der Waals surface area contributed by atoms with Gasteiger partial charge in [0.15, 0.2) is 12.3 Å².